The molecule has 1 unspecified atom stereocenters. The zero-order valence-corrected chi connectivity index (χ0v) is 14.1. The van der Waals surface area contributed by atoms with Crippen molar-refractivity contribution in [2.75, 3.05) is 0 Å². The van der Waals surface area contributed by atoms with Crippen LogP contribution in [0.15, 0.2) is 0 Å². The minimum absolute atomic E-state index is 0.0895. The molecule has 2 bridgehead atoms. The first kappa shape index (κ1) is 15.4. The molecule has 0 saturated heterocycles. The molecule has 0 spiro atoms. The van der Waals surface area contributed by atoms with E-state index in [9.17, 15) is 0 Å². The molecular formula is C10H11Cl7. The Labute approximate surface area is 136 Å². The number of rotatable bonds is 2. The predicted molar refractivity (Wildman–Crippen MR) is 78.6 cm³/mol. The van der Waals surface area contributed by atoms with Crippen LogP contribution >= 0.6 is 81.2 Å². The largest absolute Gasteiger partial charge is 0.123 e. The molecule has 6 atom stereocenters. The van der Waals surface area contributed by atoms with Crippen LogP contribution in [0.2, 0.25) is 0 Å². The number of fused-ring (bicyclic) bond motifs is 2. The third-order valence-electron chi connectivity index (χ3n) is 4.58. The van der Waals surface area contributed by atoms with Gasteiger partial charge in [-0.05, 0) is 6.42 Å². The highest BCUT2D eigenvalue weighted by atomic mass is 35.5. The highest BCUT2D eigenvalue weighted by Gasteiger charge is 2.76. The Morgan fingerprint density at radius 3 is 1.88 bits per heavy atom. The first-order chi connectivity index (χ1) is 7.71. The Balaban J connectivity index is 2.59. The smallest absolute Gasteiger partial charge is 0.115 e. The maximum atomic E-state index is 6.43. The van der Waals surface area contributed by atoms with Crippen LogP contribution in [0.4, 0.5) is 0 Å². The van der Waals surface area contributed by atoms with Crippen molar-refractivity contribution in [3.63, 3.8) is 0 Å². The Morgan fingerprint density at radius 2 is 1.53 bits per heavy atom. The summed E-state index contributed by atoms with van der Waals surface area (Å²) in [5.41, 5.74) is -1.22. The van der Waals surface area contributed by atoms with E-state index in [0.717, 1.165) is 0 Å². The fraction of sp³-hybridized carbons (Fsp3) is 1.00. The number of hydrogen-bond acceptors (Lipinski definition) is 0. The van der Waals surface area contributed by atoms with Crippen LogP contribution in [0.1, 0.15) is 13.3 Å². The average Bonchev–Trinajstić information content (AvgIpc) is 2.54. The van der Waals surface area contributed by atoms with Gasteiger partial charge < -0.3 is 0 Å². The Hall–Kier alpha value is 2.03. The molecule has 2 aliphatic carbocycles. The van der Waals surface area contributed by atoms with E-state index in [1.165, 1.54) is 0 Å². The van der Waals surface area contributed by atoms with Crippen LogP contribution in [0, 0.1) is 16.7 Å². The molecule has 2 saturated carbocycles. The molecule has 100 valence electrons. The second kappa shape index (κ2) is 4.79. The van der Waals surface area contributed by atoms with Crippen molar-refractivity contribution >= 4 is 81.2 Å². The van der Waals surface area contributed by atoms with Gasteiger partial charge in [-0.3, -0.25) is 0 Å². The molecule has 0 aliphatic heterocycles. The molecule has 0 aromatic heterocycles. The van der Waals surface area contributed by atoms with Gasteiger partial charge in [-0.1, -0.05) is 6.92 Å². The molecule has 0 radical (unpaired) electrons. The standard InChI is InChI=1S/C10H11Cl7/c1-9(7(14)15)4-3(11)2-10(9,8(16)17)6(13)5(4)12/h3-8H,2H2,1H3/t3-,4+,5+,6-,9?,10-/m0/s1. The van der Waals surface area contributed by atoms with Gasteiger partial charge in [-0.15, -0.1) is 81.2 Å². The molecule has 0 aromatic rings. The van der Waals surface area contributed by atoms with Gasteiger partial charge in [0.2, 0.25) is 0 Å². The van der Waals surface area contributed by atoms with Crippen molar-refractivity contribution in [1.82, 2.24) is 0 Å². The van der Waals surface area contributed by atoms with Gasteiger partial charge in [0.05, 0.1) is 10.8 Å². The zero-order chi connectivity index (χ0) is 13.2. The van der Waals surface area contributed by atoms with E-state index in [1.807, 2.05) is 6.92 Å². The maximum absolute atomic E-state index is 6.43. The van der Waals surface area contributed by atoms with Crippen LogP contribution in [0.25, 0.3) is 0 Å². The molecule has 17 heavy (non-hydrogen) atoms. The van der Waals surface area contributed by atoms with Crippen molar-refractivity contribution in [3.8, 4) is 0 Å². The summed E-state index contributed by atoms with van der Waals surface area (Å²) in [6, 6.07) is 0. The molecule has 2 aliphatic rings. The first-order valence-corrected chi connectivity index (χ1v) is 8.25. The Bertz CT molecular complexity index is 320. The van der Waals surface area contributed by atoms with Gasteiger partial charge in [-0.25, -0.2) is 0 Å². The lowest BCUT2D eigenvalue weighted by Crippen LogP contribution is -2.47. The van der Waals surface area contributed by atoms with E-state index >= 15 is 0 Å². The van der Waals surface area contributed by atoms with Crippen LogP contribution < -0.4 is 0 Å². The van der Waals surface area contributed by atoms with E-state index in [-0.39, 0.29) is 22.0 Å². The van der Waals surface area contributed by atoms with Crippen molar-refractivity contribution in [2.45, 2.75) is 39.1 Å². The normalized spacial score (nSPS) is 54.0. The van der Waals surface area contributed by atoms with E-state index in [4.69, 9.17) is 81.2 Å². The summed E-state index contributed by atoms with van der Waals surface area (Å²) >= 11 is 43.8. The van der Waals surface area contributed by atoms with Gasteiger partial charge in [0.1, 0.15) is 9.67 Å². The van der Waals surface area contributed by atoms with E-state index in [1.54, 1.807) is 0 Å². The molecule has 0 amide bonds. The topological polar surface area (TPSA) is 0 Å². The summed E-state index contributed by atoms with van der Waals surface area (Å²) in [5, 5.41) is -0.857. The average molecular weight is 379 g/mol. The Morgan fingerprint density at radius 1 is 1.00 bits per heavy atom. The number of halogens is 7. The molecule has 7 heteroatoms. The van der Waals surface area contributed by atoms with Crippen LogP contribution in [-0.2, 0) is 0 Å². The summed E-state index contributed by atoms with van der Waals surface area (Å²) in [5.74, 6) is -0.0895. The molecule has 0 nitrogen and oxygen atoms in total. The first-order valence-electron chi connectivity index (χ1n) is 5.19. The van der Waals surface area contributed by atoms with Crippen LogP contribution in [0.5, 0.6) is 0 Å². The number of hydrogen-bond donors (Lipinski definition) is 0. The monoisotopic (exact) mass is 376 g/mol. The highest BCUT2D eigenvalue weighted by molar-refractivity contribution is 6.48. The van der Waals surface area contributed by atoms with Gasteiger partial charge in [0.25, 0.3) is 0 Å². The summed E-state index contributed by atoms with van der Waals surface area (Å²) in [4.78, 5) is -1.37. The molecule has 2 rings (SSSR count). The molecular weight excluding hydrogens is 368 g/mol. The van der Waals surface area contributed by atoms with Crippen molar-refractivity contribution in [2.24, 2.45) is 16.7 Å². The minimum Gasteiger partial charge on any atom is -0.123 e. The van der Waals surface area contributed by atoms with Crippen LogP contribution in [-0.4, -0.2) is 25.8 Å². The lowest BCUT2D eigenvalue weighted by molar-refractivity contribution is 0.140. The lowest BCUT2D eigenvalue weighted by Gasteiger charge is -2.44. The van der Waals surface area contributed by atoms with Gasteiger partial charge in [-0.2, -0.15) is 0 Å². The lowest BCUT2D eigenvalue weighted by atomic mass is 9.70. The van der Waals surface area contributed by atoms with Crippen LogP contribution in [0.3, 0.4) is 0 Å². The van der Waals surface area contributed by atoms with Gasteiger partial charge in [0, 0.05) is 22.1 Å². The van der Waals surface area contributed by atoms with Crippen molar-refractivity contribution in [1.29, 1.82) is 0 Å². The maximum Gasteiger partial charge on any atom is 0.115 e. The van der Waals surface area contributed by atoms with E-state index < -0.39 is 20.5 Å². The summed E-state index contributed by atoms with van der Waals surface area (Å²) in [6.45, 7) is 1.93. The van der Waals surface area contributed by atoms with Gasteiger partial charge >= 0.3 is 0 Å². The highest BCUT2D eigenvalue weighted by Crippen LogP contribution is 2.74. The SMILES string of the molecule is CC1(C(Cl)Cl)[C@H]2[C@@H](Cl)[C@H](Cl)[C@]1(C(Cl)Cl)C[C@@H]2Cl. The third kappa shape index (κ3) is 1.71. The summed E-state index contributed by atoms with van der Waals surface area (Å²) in [6.07, 6.45) is 0.584. The van der Waals surface area contributed by atoms with Crippen molar-refractivity contribution in [3.05, 3.63) is 0 Å². The fourth-order valence-corrected chi connectivity index (χ4v) is 7.32. The molecule has 0 aromatic carbocycles. The summed E-state index contributed by atoms with van der Waals surface area (Å²) < 4.78 is 0. The van der Waals surface area contributed by atoms with Gasteiger partial charge in [0.15, 0.2) is 0 Å². The summed E-state index contributed by atoms with van der Waals surface area (Å²) in [7, 11) is 0. The Kier molecular flexibility index (Phi) is 4.35. The molecule has 2 fully saturated rings. The second-order valence-electron chi connectivity index (χ2n) is 5.02. The molecule has 0 N–H and O–H groups in total. The zero-order valence-electron chi connectivity index (χ0n) is 8.82. The van der Waals surface area contributed by atoms with E-state index in [2.05, 4.69) is 0 Å². The fourth-order valence-electron chi connectivity index (χ4n) is 3.55. The second-order valence-corrected chi connectivity index (χ2v) is 8.74. The molecule has 0 heterocycles. The predicted octanol–water partition coefficient (Wildman–Crippen LogP) is 5.44. The van der Waals surface area contributed by atoms with Crippen molar-refractivity contribution < 1.29 is 0 Å². The third-order valence-corrected chi connectivity index (χ3v) is 8.00. The quantitative estimate of drug-likeness (QED) is 0.561. The van der Waals surface area contributed by atoms with E-state index in [0.29, 0.717) is 6.42 Å². The number of alkyl halides is 7. The minimum atomic E-state index is -0.704.